The summed E-state index contributed by atoms with van der Waals surface area (Å²) in [6.07, 6.45) is -0.355. The third-order valence-electron chi connectivity index (χ3n) is 3.87. The number of carbonyl (C=O) groups excluding carboxylic acids is 3. The van der Waals surface area contributed by atoms with E-state index in [1.807, 2.05) is 0 Å². The van der Waals surface area contributed by atoms with Crippen LogP contribution in [0.25, 0.3) is 0 Å². The van der Waals surface area contributed by atoms with Gasteiger partial charge in [0.1, 0.15) is 11.4 Å². The molecule has 3 atom stereocenters. The Labute approximate surface area is 157 Å². The summed E-state index contributed by atoms with van der Waals surface area (Å²) in [6.45, 7) is 6.63. The molecular weight excluding hydrogens is 355 g/mol. The van der Waals surface area contributed by atoms with Crippen LogP contribution >= 0.6 is 0 Å². The third kappa shape index (κ3) is 5.94. The maximum Gasteiger partial charge on any atom is 0.408 e. The molecule has 0 heterocycles. The normalized spacial score (nSPS) is 19.6. The van der Waals surface area contributed by atoms with Crippen molar-refractivity contribution in [3.63, 3.8) is 0 Å². The van der Waals surface area contributed by atoms with E-state index in [4.69, 9.17) is 9.47 Å². The molecular formula is C19H25FN2O5. The van der Waals surface area contributed by atoms with Gasteiger partial charge in [-0.2, -0.15) is 0 Å². The van der Waals surface area contributed by atoms with Gasteiger partial charge in [0.15, 0.2) is 0 Å². The summed E-state index contributed by atoms with van der Waals surface area (Å²) in [5, 5.41) is 4.90. The minimum atomic E-state index is -1.54. The van der Waals surface area contributed by atoms with Crippen LogP contribution in [-0.4, -0.2) is 42.3 Å². The Morgan fingerprint density at radius 1 is 1.26 bits per heavy atom. The van der Waals surface area contributed by atoms with Gasteiger partial charge in [0, 0.05) is 12.0 Å². The number of benzene rings is 1. The Kier molecular flexibility index (Phi) is 6.41. The molecule has 1 fully saturated rings. The van der Waals surface area contributed by atoms with E-state index in [-0.39, 0.29) is 24.4 Å². The van der Waals surface area contributed by atoms with Crippen LogP contribution in [0.5, 0.6) is 0 Å². The highest BCUT2D eigenvalue weighted by atomic mass is 19.1. The van der Waals surface area contributed by atoms with Crippen molar-refractivity contribution in [2.75, 3.05) is 6.61 Å². The lowest BCUT2D eigenvalue weighted by Crippen LogP contribution is -2.53. The number of halogens is 1. The van der Waals surface area contributed by atoms with Gasteiger partial charge in [-0.25, -0.2) is 14.0 Å². The number of hydrogen-bond acceptors (Lipinski definition) is 5. The summed E-state index contributed by atoms with van der Waals surface area (Å²) in [5.41, 5.74) is -0.276. The van der Waals surface area contributed by atoms with Crippen LogP contribution in [-0.2, 0) is 19.1 Å². The van der Waals surface area contributed by atoms with E-state index in [9.17, 15) is 18.8 Å². The molecule has 2 rings (SSSR count). The first kappa shape index (κ1) is 20.7. The van der Waals surface area contributed by atoms with Gasteiger partial charge < -0.3 is 14.8 Å². The predicted molar refractivity (Wildman–Crippen MR) is 95.5 cm³/mol. The van der Waals surface area contributed by atoms with Crippen molar-refractivity contribution < 1.29 is 28.2 Å². The number of esters is 1. The van der Waals surface area contributed by atoms with Gasteiger partial charge >= 0.3 is 12.1 Å². The lowest BCUT2D eigenvalue weighted by molar-refractivity contribution is -0.149. The topological polar surface area (TPSA) is 93.7 Å². The van der Waals surface area contributed by atoms with E-state index in [1.54, 1.807) is 45.9 Å². The monoisotopic (exact) mass is 380 g/mol. The second kappa shape index (κ2) is 8.37. The van der Waals surface area contributed by atoms with Crippen molar-refractivity contribution in [2.45, 2.75) is 57.7 Å². The molecule has 7 nitrogen and oxygen atoms in total. The number of rotatable bonds is 6. The third-order valence-corrected chi connectivity index (χ3v) is 3.87. The van der Waals surface area contributed by atoms with Gasteiger partial charge in [0.25, 0.3) is 5.91 Å². The first-order valence-corrected chi connectivity index (χ1v) is 8.83. The molecule has 27 heavy (non-hydrogen) atoms. The fourth-order valence-electron chi connectivity index (χ4n) is 2.62. The standard InChI is InChI=1S/C19H25FN2O5/c1-5-26-17(24)15(22-18(25)27-19(2,3)4)16(23)21-14-10-12(14)11-8-6-7-9-13(11)20/h6-9,12,14-15H,5,10H2,1-4H3,(H,21,23)(H,22,25)/t12-,14+,15+/m0/s1. The molecule has 1 aliphatic rings. The molecule has 1 saturated carbocycles. The van der Waals surface area contributed by atoms with Crippen molar-refractivity contribution in [3.8, 4) is 0 Å². The molecule has 0 bridgehead atoms. The summed E-state index contributed by atoms with van der Waals surface area (Å²) in [7, 11) is 0. The first-order chi connectivity index (χ1) is 12.6. The average molecular weight is 380 g/mol. The van der Waals surface area contributed by atoms with Crippen LogP contribution in [0.15, 0.2) is 24.3 Å². The van der Waals surface area contributed by atoms with Gasteiger partial charge in [-0.3, -0.25) is 10.1 Å². The summed E-state index contributed by atoms with van der Waals surface area (Å²) in [6, 6.07) is 4.48. The number of nitrogens with one attached hydrogen (secondary N) is 2. The van der Waals surface area contributed by atoms with E-state index >= 15 is 0 Å². The van der Waals surface area contributed by atoms with Crippen LogP contribution < -0.4 is 10.6 Å². The van der Waals surface area contributed by atoms with Crippen LogP contribution in [0, 0.1) is 5.82 Å². The number of alkyl carbamates (subject to hydrolysis) is 1. The maximum atomic E-state index is 13.8. The Balaban J connectivity index is 2.01. The summed E-state index contributed by atoms with van der Waals surface area (Å²) >= 11 is 0. The first-order valence-electron chi connectivity index (χ1n) is 8.83. The second-order valence-electron chi connectivity index (χ2n) is 7.31. The largest absolute Gasteiger partial charge is 0.464 e. The second-order valence-corrected chi connectivity index (χ2v) is 7.31. The van der Waals surface area contributed by atoms with Gasteiger partial charge in [-0.05, 0) is 45.7 Å². The highest BCUT2D eigenvalue weighted by Crippen LogP contribution is 2.41. The summed E-state index contributed by atoms with van der Waals surface area (Å²) in [5.74, 6) is -2.11. The van der Waals surface area contributed by atoms with Gasteiger partial charge in [-0.1, -0.05) is 18.2 Å². The Bertz CT molecular complexity index is 716. The van der Waals surface area contributed by atoms with Gasteiger partial charge in [-0.15, -0.1) is 0 Å². The van der Waals surface area contributed by atoms with E-state index in [0.29, 0.717) is 12.0 Å². The van der Waals surface area contributed by atoms with E-state index in [1.165, 1.54) is 6.07 Å². The molecule has 1 aliphatic carbocycles. The fourth-order valence-corrected chi connectivity index (χ4v) is 2.62. The maximum absolute atomic E-state index is 13.8. The molecule has 1 aromatic rings. The minimum Gasteiger partial charge on any atom is -0.464 e. The van der Waals surface area contributed by atoms with Crippen molar-refractivity contribution in [1.29, 1.82) is 0 Å². The highest BCUT2D eigenvalue weighted by Gasteiger charge is 2.43. The quantitative estimate of drug-likeness (QED) is 0.583. The number of hydrogen-bond donors (Lipinski definition) is 2. The van der Waals surface area contributed by atoms with Crippen molar-refractivity contribution in [1.82, 2.24) is 10.6 Å². The molecule has 0 spiro atoms. The van der Waals surface area contributed by atoms with Gasteiger partial charge in [0.2, 0.25) is 6.04 Å². The minimum absolute atomic E-state index is 0.0554. The number of carbonyl (C=O) groups is 3. The zero-order valence-corrected chi connectivity index (χ0v) is 15.9. The Hall–Kier alpha value is -2.64. The molecule has 2 N–H and O–H groups in total. The molecule has 8 heteroatoms. The highest BCUT2D eigenvalue weighted by molar-refractivity contribution is 6.04. The van der Waals surface area contributed by atoms with Crippen molar-refractivity contribution in [2.24, 2.45) is 0 Å². The average Bonchev–Trinajstić information content (AvgIpc) is 3.30. The van der Waals surface area contributed by atoms with E-state index in [2.05, 4.69) is 10.6 Å². The molecule has 1 aromatic carbocycles. The van der Waals surface area contributed by atoms with Crippen molar-refractivity contribution >= 4 is 18.0 Å². The number of ether oxygens (including phenoxy) is 2. The van der Waals surface area contributed by atoms with Gasteiger partial charge in [0.05, 0.1) is 6.61 Å². The molecule has 0 radical (unpaired) electrons. The Morgan fingerprint density at radius 3 is 2.52 bits per heavy atom. The van der Waals surface area contributed by atoms with Crippen LogP contribution in [0.4, 0.5) is 9.18 Å². The fraction of sp³-hybridized carbons (Fsp3) is 0.526. The lowest BCUT2D eigenvalue weighted by Gasteiger charge is -2.22. The van der Waals surface area contributed by atoms with Crippen LogP contribution in [0.2, 0.25) is 0 Å². The van der Waals surface area contributed by atoms with E-state index < -0.39 is 29.6 Å². The molecule has 0 aromatic heterocycles. The summed E-state index contributed by atoms with van der Waals surface area (Å²) < 4.78 is 23.8. The van der Waals surface area contributed by atoms with Crippen molar-refractivity contribution in [3.05, 3.63) is 35.6 Å². The number of amides is 2. The molecule has 0 aliphatic heterocycles. The predicted octanol–water partition coefficient (Wildman–Crippen LogP) is 2.25. The zero-order chi connectivity index (χ0) is 20.2. The van der Waals surface area contributed by atoms with E-state index in [0.717, 1.165) is 0 Å². The van der Waals surface area contributed by atoms with Crippen LogP contribution in [0.1, 0.15) is 45.6 Å². The molecule has 148 valence electrons. The van der Waals surface area contributed by atoms with Crippen LogP contribution in [0.3, 0.4) is 0 Å². The lowest BCUT2D eigenvalue weighted by atomic mass is 10.1. The zero-order valence-electron chi connectivity index (χ0n) is 15.9. The smallest absolute Gasteiger partial charge is 0.408 e. The molecule has 0 unspecified atom stereocenters. The summed E-state index contributed by atoms with van der Waals surface area (Å²) in [4.78, 5) is 36.5. The Morgan fingerprint density at radius 2 is 1.93 bits per heavy atom. The SMILES string of the molecule is CCOC(=O)[C@H](NC(=O)OC(C)(C)C)C(=O)N[C@@H]1C[C@H]1c1ccccc1F. The molecule has 2 amide bonds. The molecule has 0 saturated heterocycles.